The van der Waals surface area contributed by atoms with Crippen molar-refractivity contribution in [2.45, 2.75) is 12.7 Å². The van der Waals surface area contributed by atoms with Crippen molar-refractivity contribution in [3.05, 3.63) is 33.3 Å². The van der Waals surface area contributed by atoms with Crippen LogP contribution in [-0.4, -0.2) is 70.7 Å². The van der Waals surface area contributed by atoms with E-state index in [-0.39, 0.29) is 24.9 Å². The van der Waals surface area contributed by atoms with Gasteiger partial charge < -0.3 is 14.8 Å². The lowest BCUT2D eigenvalue weighted by Gasteiger charge is -2.32. The second kappa shape index (κ2) is 6.63. The number of nitroso groups, excluding NO2 is 1. The average Bonchev–Trinajstić information content (AvgIpc) is 2.93. The van der Waals surface area contributed by atoms with Crippen molar-refractivity contribution in [2.24, 2.45) is 0 Å². The summed E-state index contributed by atoms with van der Waals surface area (Å²) in [4.78, 5) is 39.0. The zero-order valence-corrected chi connectivity index (χ0v) is 13.0. The maximum atomic E-state index is 13.6. The molecule has 2 saturated heterocycles. The highest BCUT2D eigenvalue weighted by atomic mass is 19.1. The van der Waals surface area contributed by atoms with Crippen LogP contribution in [0.15, 0.2) is 17.1 Å². The smallest absolute Gasteiger partial charge is 0.315 e. The average molecular weight is 342 g/mol. The molecule has 1 aromatic heterocycles. The minimum absolute atomic E-state index is 0.0679. The van der Waals surface area contributed by atoms with Crippen LogP contribution in [0.2, 0.25) is 0 Å². The number of amides is 2. The fraction of sp³-hybridized carbons (Fsp3) is 0.571. The van der Waals surface area contributed by atoms with Crippen LogP contribution >= 0.6 is 0 Å². The van der Waals surface area contributed by atoms with Crippen molar-refractivity contribution in [1.82, 2.24) is 14.4 Å². The molecule has 2 aliphatic rings. The summed E-state index contributed by atoms with van der Waals surface area (Å²) >= 11 is 0. The molecule has 0 saturated carbocycles. The van der Waals surface area contributed by atoms with Crippen molar-refractivity contribution in [1.29, 1.82) is 0 Å². The molecule has 10 heteroatoms. The normalized spacial score (nSPS) is 21.0. The Bertz CT molecular complexity index is 723. The van der Waals surface area contributed by atoms with Crippen LogP contribution in [-0.2, 0) is 6.54 Å². The number of alkyl halides is 1. The number of fused-ring (bicyclic) bond motifs is 1. The van der Waals surface area contributed by atoms with Crippen LogP contribution in [0.4, 0.5) is 19.3 Å². The van der Waals surface area contributed by atoms with Gasteiger partial charge in [-0.15, -0.1) is 0 Å². The van der Waals surface area contributed by atoms with E-state index in [4.69, 9.17) is 0 Å². The van der Waals surface area contributed by atoms with Gasteiger partial charge in [-0.3, -0.25) is 4.79 Å². The maximum Gasteiger partial charge on any atom is 0.322 e. The van der Waals surface area contributed by atoms with Gasteiger partial charge in [0, 0.05) is 35.0 Å². The standard InChI is InChI=1S/C14H17F2N5O3/c15-1-2-19-8-10(7-11(16)13(19)22)17-14(23)20-4-3-18-5-6-21(24)12(18)9-20/h7-8,12H,1-6,9H2/p+1. The molecule has 2 fully saturated rings. The number of nitrogens with one attached hydrogen (secondary N) is 1. The van der Waals surface area contributed by atoms with Gasteiger partial charge in [-0.1, -0.05) is 0 Å². The lowest BCUT2D eigenvalue weighted by molar-refractivity contribution is -0.578. The Hall–Kier alpha value is -2.36. The Kier molecular flexibility index (Phi) is 4.56. The summed E-state index contributed by atoms with van der Waals surface area (Å²) in [5.41, 5.74) is -0.870. The van der Waals surface area contributed by atoms with E-state index < -0.39 is 24.1 Å². The number of aryl methyl sites for hydroxylation is 1. The highest BCUT2D eigenvalue weighted by molar-refractivity contribution is 5.89. The number of carbonyl (C=O) groups is 1. The Morgan fingerprint density at radius 3 is 2.92 bits per heavy atom. The van der Waals surface area contributed by atoms with Crippen molar-refractivity contribution in [3.63, 3.8) is 0 Å². The van der Waals surface area contributed by atoms with Gasteiger partial charge in [-0.05, 0) is 0 Å². The van der Waals surface area contributed by atoms with Crippen molar-refractivity contribution in [2.75, 3.05) is 44.7 Å². The molecule has 0 aliphatic carbocycles. The third kappa shape index (κ3) is 3.14. The van der Waals surface area contributed by atoms with E-state index in [1.54, 1.807) is 0 Å². The molecule has 3 rings (SSSR count). The van der Waals surface area contributed by atoms with E-state index in [0.29, 0.717) is 26.2 Å². The number of urea groups is 1. The molecule has 0 radical (unpaired) electrons. The van der Waals surface area contributed by atoms with Gasteiger partial charge in [0.2, 0.25) is 6.54 Å². The largest absolute Gasteiger partial charge is 0.322 e. The van der Waals surface area contributed by atoms with Crippen LogP contribution in [0.25, 0.3) is 0 Å². The molecular weight excluding hydrogens is 324 g/mol. The minimum Gasteiger partial charge on any atom is -0.315 e. The van der Waals surface area contributed by atoms with Crippen LogP contribution < -0.4 is 10.9 Å². The summed E-state index contributed by atoms with van der Waals surface area (Å²) < 4.78 is 27.8. The van der Waals surface area contributed by atoms with Gasteiger partial charge in [0.1, 0.15) is 13.2 Å². The first-order chi connectivity index (χ1) is 11.5. The molecule has 130 valence electrons. The molecule has 1 N–H and O–H groups in total. The van der Waals surface area contributed by atoms with Crippen molar-refractivity contribution in [3.8, 4) is 0 Å². The molecule has 1 aromatic rings. The molecule has 1 atom stereocenters. The van der Waals surface area contributed by atoms with E-state index in [1.165, 1.54) is 11.1 Å². The number of aromatic nitrogens is 1. The number of hydrogen-bond donors (Lipinski definition) is 1. The summed E-state index contributed by atoms with van der Waals surface area (Å²) in [5, 5.41) is 2.50. The first-order valence-corrected chi connectivity index (χ1v) is 7.69. The van der Waals surface area contributed by atoms with Crippen LogP contribution in [0.5, 0.6) is 0 Å². The van der Waals surface area contributed by atoms with Crippen molar-refractivity contribution >= 4 is 11.7 Å². The summed E-state index contributed by atoms with van der Waals surface area (Å²) in [6, 6.07) is 0.417. The highest BCUT2D eigenvalue weighted by Gasteiger charge is 2.44. The van der Waals surface area contributed by atoms with E-state index in [9.17, 15) is 23.3 Å². The van der Waals surface area contributed by atoms with Gasteiger partial charge in [0.05, 0.1) is 18.8 Å². The van der Waals surface area contributed by atoms with E-state index >= 15 is 0 Å². The fourth-order valence-corrected chi connectivity index (χ4v) is 3.02. The number of rotatable bonds is 3. The number of hydrogen-bond acceptors (Lipinski definition) is 4. The maximum absolute atomic E-state index is 13.6. The topological polar surface area (TPSA) is 77.7 Å². The van der Waals surface area contributed by atoms with Crippen LogP contribution in [0.1, 0.15) is 0 Å². The summed E-state index contributed by atoms with van der Waals surface area (Å²) in [6.45, 7) is 1.28. The number of piperazine rings is 1. The Morgan fingerprint density at radius 2 is 2.17 bits per heavy atom. The van der Waals surface area contributed by atoms with E-state index in [2.05, 4.69) is 5.32 Å². The van der Waals surface area contributed by atoms with Crippen molar-refractivity contribution < 1.29 is 18.3 Å². The second-order valence-corrected chi connectivity index (χ2v) is 5.80. The Labute approximate surface area is 136 Å². The molecule has 1 unspecified atom stereocenters. The number of pyridine rings is 1. The third-order valence-electron chi connectivity index (χ3n) is 4.31. The van der Waals surface area contributed by atoms with Gasteiger partial charge >= 0.3 is 6.03 Å². The molecule has 8 nitrogen and oxygen atoms in total. The van der Waals surface area contributed by atoms with Gasteiger partial charge in [-0.25, -0.2) is 18.5 Å². The minimum atomic E-state index is -1.06. The molecular formula is C14H18F2N5O3+. The number of nitrogens with zero attached hydrogens (tertiary/aromatic N) is 4. The monoisotopic (exact) mass is 342 g/mol. The molecule has 2 amide bonds. The zero-order valence-electron chi connectivity index (χ0n) is 13.0. The summed E-state index contributed by atoms with van der Waals surface area (Å²) in [5.74, 6) is -1.06. The van der Waals surface area contributed by atoms with Crippen LogP contribution in [0.3, 0.4) is 0 Å². The highest BCUT2D eigenvalue weighted by Crippen LogP contribution is 2.17. The van der Waals surface area contributed by atoms with Gasteiger partial charge in [-0.2, -0.15) is 0 Å². The predicted molar refractivity (Wildman–Crippen MR) is 81.1 cm³/mol. The summed E-state index contributed by atoms with van der Waals surface area (Å²) in [6.07, 6.45) is 0.843. The van der Waals surface area contributed by atoms with Gasteiger partial charge in [0.25, 0.3) is 11.7 Å². The number of carbonyl (C=O) groups excluding carboxylic acids is 1. The first-order valence-electron chi connectivity index (χ1n) is 7.69. The number of anilines is 1. The number of halogens is 2. The Balaban J connectivity index is 1.71. The second-order valence-electron chi connectivity index (χ2n) is 5.80. The molecule has 0 spiro atoms. The first kappa shape index (κ1) is 16.5. The SMILES string of the molecule is O=C(Nc1cc(F)c(=O)n(CCF)c1)N1CCN2CC[N+](=O)C2C1. The predicted octanol–water partition coefficient (Wildman–Crippen LogP) is 0.225. The zero-order chi connectivity index (χ0) is 17.3. The lowest BCUT2D eigenvalue weighted by Crippen LogP contribution is -2.55. The Morgan fingerprint density at radius 1 is 1.38 bits per heavy atom. The summed E-state index contributed by atoms with van der Waals surface area (Å²) in [7, 11) is 0. The lowest BCUT2D eigenvalue weighted by atomic mass is 10.3. The third-order valence-corrected chi connectivity index (χ3v) is 4.31. The van der Waals surface area contributed by atoms with Gasteiger partial charge in [0.15, 0.2) is 5.82 Å². The molecule has 24 heavy (non-hydrogen) atoms. The molecule has 0 bridgehead atoms. The van der Waals surface area contributed by atoms with E-state index in [1.807, 2.05) is 4.90 Å². The van der Waals surface area contributed by atoms with E-state index in [0.717, 1.165) is 15.4 Å². The quantitative estimate of drug-likeness (QED) is 0.798. The fourth-order valence-electron chi connectivity index (χ4n) is 3.02. The van der Waals surface area contributed by atoms with Crippen LogP contribution in [0, 0.1) is 10.7 Å². The molecule has 3 heterocycles. The molecule has 2 aliphatic heterocycles. The molecule has 0 aromatic carbocycles.